The summed E-state index contributed by atoms with van der Waals surface area (Å²) >= 11 is 1.71. The molecule has 5 heteroatoms. The average Bonchev–Trinajstić information content (AvgIpc) is 2.92. The van der Waals surface area contributed by atoms with Crippen LogP contribution in [0.5, 0.6) is 0 Å². The number of fused-ring (bicyclic) bond motifs is 1. The van der Waals surface area contributed by atoms with Crippen LogP contribution in [0.2, 0.25) is 0 Å². The lowest BCUT2D eigenvalue weighted by molar-refractivity contribution is 0.640. The predicted molar refractivity (Wildman–Crippen MR) is 92.9 cm³/mol. The normalized spacial score (nSPS) is 12.5. The molecule has 1 atom stereocenters. The molecular weight excluding hydrogens is 297 g/mol. The molecule has 0 amide bonds. The number of hydrogen-bond donors (Lipinski definition) is 3. The van der Waals surface area contributed by atoms with Gasteiger partial charge in [-0.2, -0.15) is 0 Å². The highest BCUT2D eigenvalue weighted by atomic mass is 32.2. The molecule has 0 fully saturated rings. The van der Waals surface area contributed by atoms with Crippen molar-refractivity contribution in [2.75, 3.05) is 17.3 Å². The van der Waals surface area contributed by atoms with Gasteiger partial charge < -0.3 is 16.0 Å². The Hall–Kier alpha value is -2.14. The third kappa shape index (κ3) is 2.90. The maximum absolute atomic E-state index is 13.9. The van der Waals surface area contributed by atoms with Crippen molar-refractivity contribution in [3.05, 3.63) is 54.0 Å². The second-order valence-electron chi connectivity index (χ2n) is 5.28. The van der Waals surface area contributed by atoms with Gasteiger partial charge >= 0.3 is 0 Å². The van der Waals surface area contributed by atoms with Crippen LogP contribution in [0.3, 0.4) is 0 Å². The zero-order valence-corrected chi connectivity index (χ0v) is 13.3. The molecule has 0 radical (unpaired) electrons. The van der Waals surface area contributed by atoms with Gasteiger partial charge in [-0.1, -0.05) is 0 Å². The Bertz CT molecular complexity index is 796. The van der Waals surface area contributed by atoms with Gasteiger partial charge in [-0.3, -0.25) is 0 Å². The third-order valence-corrected chi connectivity index (χ3v) is 4.41. The molecule has 2 aromatic carbocycles. The molecule has 22 heavy (non-hydrogen) atoms. The summed E-state index contributed by atoms with van der Waals surface area (Å²) < 4.78 is 13.9. The molecular formula is C17H18FN3S. The molecule has 0 saturated heterocycles. The summed E-state index contributed by atoms with van der Waals surface area (Å²) in [7, 11) is 0. The molecule has 0 aliphatic carbocycles. The van der Waals surface area contributed by atoms with Crippen molar-refractivity contribution >= 4 is 34.0 Å². The Morgan fingerprint density at radius 1 is 1.18 bits per heavy atom. The standard InChI is InChI=1S/C17H18FN3S/c1-10(20-12-3-5-13(22-2)6-4-12)16-9-14-15(18)7-11(19)8-17(14)21-16/h3-10,20-21H,19H2,1-2H3. The van der Waals surface area contributed by atoms with Crippen LogP contribution < -0.4 is 11.1 Å². The first-order valence-corrected chi connectivity index (χ1v) is 8.27. The number of aromatic nitrogens is 1. The molecule has 1 aromatic heterocycles. The Labute approximate surface area is 133 Å². The van der Waals surface area contributed by atoms with Crippen molar-refractivity contribution in [3.8, 4) is 0 Å². The van der Waals surface area contributed by atoms with Gasteiger partial charge in [0.05, 0.1) is 11.6 Å². The van der Waals surface area contributed by atoms with Gasteiger partial charge in [-0.05, 0) is 55.6 Å². The molecule has 1 heterocycles. The molecule has 114 valence electrons. The van der Waals surface area contributed by atoms with Gasteiger partial charge in [-0.15, -0.1) is 11.8 Å². The Balaban J connectivity index is 1.85. The number of nitrogen functional groups attached to an aromatic ring is 1. The Morgan fingerprint density at radius 3 is 2.59 bits per heavy atom. The van der Waals surface area contributed by atoms with Gasteiger partial charge in [0.1, 0.15) is 5.82 Å². The maximum Gasteiger partial charge on any atom is 0.134 e. The van der Waals surface area contributed by atoms with E-state index in [-0.39, 0.29) is 11.9 Å². The van der Waals surface area contributed by atoms with Crippen LogP contribution in [0.1, 0.15) is 18.7 Å². The lowest BCUT2D eigenvalue weighted by atomic mass is 10.2. The van der Waals surface area contributed by atoms with Crippen molar-refractivity contribution < 1.29 is 4.39 Å². The third-order valence-electron chi connectivity index (χ3n) is 3.67. The Kier molecular flexibility index (Phi) is 3.98. The SMILES string of the molecule is CSc1ccc(NC(C)c2cc3c(F)cc(N)cc3[nH]2)cc1. The van der Waals surface area contributed by atoms with E-state index in [1.165, 1.54) is 11.0 Å². The highest BCUT2D eigenvalue weighted by Crippen LogP contribution is 2.27. The minimum absolute atomic E-state index is 0.0353. The van der Waals surface area contributed by atoms with E-state index in [9.17, 15) is 4.39 Å². The number of H-pyrrole nitrogens is 1. The smallest absolute Gasteiger partial charge is 0.134 e. The summed E-state index contributed by atoms with van der Waals surface area (Å²) in [5, 5.41) is 3.98. The van der Waals surface area contributed by atoms with Crippen molar-refractivity contribution in [2.45, 2.75) is 17.9 Å². The van der Waals surface area contributed by atoms with Crippen molar-refractivity contribution in [3.63, 3.8) is 0 Å². The van der Waals surface area contributed by atoms with Crippen molar-refractivity contribution in [1.82, 2.24) is 4.98 Å². The number of halogens is 1. The second kappa shape index (κ2) is 5.93. The maximum atomic E-state index is 13.9. The molecule has 3 aromatic rings. The van der Waals surface area contributed by atoms with Gasteiger partial charge in [0, 0.05) is 27.4 Å². The van der Waals surface area contributed by atoms with Gasteiger partial charge in [-0.25, -0.2) is 4.39 Å². The quantitative estimate of drug-likeness (QED) is 0.479. The van der Waals surface area contributed by atoms with Crippen LogP contribution in [-0.2, 0) is 0 Å². The van der Waals surface area contributed by atoms with Crippen LogP contribution in [0.25, 0.3) is 10.9 Å². The fraction of sp³-hybridized carbons (Fsp3) is 0.176. The summed E-state index contributed by atoms with van der Waals surface area (Å²) in [6.45, 7) is 2.04. The predicted octanol–water partition coefficient (Wildman–Crippen LogP) is 4.78. The van der Waals surface area contributed by atoms with E-state index in [1.54, 1.807) is 17.8 Å². The van der Waals surface area contributed by atoms with E-state index >= 15 is 0 Å². The van der Waals surface area contributed by atoms with Crippen LogP contribution >= 0.6 is 11.8 Å². The molecule has 0 aliphatic rings. The number of nitrogens with two attached hydrogens (primary N) is 1. The van der Waals surface area contributed by atoms with Gasteiger partial charge in [0.15, 0.2) is 0 Å². The summed E-state index contributed by atoms with van der Waals surface area (Å²) in [6.07, 6.45) is 2.05. The lowest BCUT2D eigenvalue weighted by Crippen LogP contribution is -2.06. The summed E-state index contributed by atoms with van der Waals surface area (Å²) in [5.41, 5.74) is 8.78. The second-order valence-corrected chi connectivity index (χ2v) is 6.16. The molecule has 0 bridgehead atoms. The zero-order chi connectivity index (χ0) is 15.7. The number of rotatable bonds is 4. The number of nitrogens with one attached hydrogen (secondary N) is 2. The van der Waals surface area contributed by atoms with Crippen LogP contribution in [0.15, 0.2) is 47.4 Å². The molecule has 0 spiro atoms. The van der Waals surface area contributed by atoms with E-state index in [0.29, 0.717) is 11.1 Å². The monoisotopic (exact) mass is 315 g/mol. The molecule has 3 rings (SSSR count). The van der Waals surface area contributed by atoms with Gasteiger partial charge in [0.25, 0.3) is 0 Å². The minimum atomic E-state index is -0.297. The topological polar surface area (TPSA) is 53.8 Å². The first-order chi connectivity index (χ1) is 10.6. The van der Waals surface area contributed by atoms with E-state index < -0.39 is 0 Å². The van der Waals surface area contributed by atoms with E-state index in [2.05, 4.69) is 28.7 Å². The van der Waals surface area contributed by atoms with E-state index in [1.807, 2.05) is 25.1 Å². The average molecular weight is 315 g/mol. The molecule has 0 saturated carbocycles. The summed E-state index contributed by atoms with van der Waals surface area (Å²) in [4.78, 5) is 4.46. The number of thioether (sulfide) groups is 1. The summed E-state index contributed by atoms with van der Waals surface area (Å²) in [6, 6.07) is 13.2. The first-order valence-electron chi connectivity index (χ1n) is 7.05. The van der Waals surface area contributed by atoms with Crippen LogP contribution in [0.4, 0.5) is 15.8 Å². The fourth-order valence-corrected chi connectivity index (χ4v) is 2.89. The van der Waals surface area contributed by atoms with E-state index in [4.69, 9.17) is 5.73 Å². The molecule has 1 unspecified atom stereocenters. The number of benzene rings is 2. The van der Waals surface area contributed by atoms with Crippen molar-refractivity contribution in [1.29, 1.82) is 0 Å². The highest BCUT2D eigenvalue weighted by Gasteiger charge is 2.12. The molecule has 4 N–H and O–H groups in total. The largest absolute Gasteiger partial charge is 0.399 e. The van der Waals surface area contributed by atoms with Crippen LogP contribution in [0, 0.1) is 5.82 Å². The van der Waals surface area contributed by atoms with Gasteiger partial charge in [0.2, 0.25) is 0 Å². The molecule has 3 nitrogen and oxygen atoms in total. The van der Waals surface area contributed by atoms with Crippen molar-refractivity contribution in [2.24, 2.45) is 0 Å². The zero-order valence-electron chi connectivity index (χ0n) is 12.5. The van der Waals surface area contributed by atoms with Crippen LogP contribution in [-0.4, -0.2) is 11.2 Å². The Morgan fingerprint density at radius 2 is 1.91 bits per heavy atom. The lowest BCUT2D eigenvalue weighted by Gasteiger charge is -2.14. The number of aromatic amines is 1. The fourth-order valence-electron chi connectivity index (χ4n) is 2.48. The first kappa shape index (κ1) is 14.8. The molecule has 0 aliphatic heterocycles. The minimum Gasteiger partial charge on any atom is -0.399 e. The van der Waals surface area contributed by atoms with E-state index in [0.717, 1.165) is 16.9 Å². The highest BCUT2D eigenvalue weighted by molar-refractivity contribution is 7.98. The summed E-state index contributed by atoms with van der Waals surface area (Å²) in [5.74, 6) is -0.297. The number of anilines is 2. The number of hydrogen-bond acceptors (Lipinski definition) is 3.